The van der Waals surface area contributed by atoms with E-state index in [-0.39, 0.29) is 6.04 Å². The molecular formula is C14H14Cl2N2. The molecule has 94 valence electrons. The molecule has 0 aliphatic heterocycles. The van der Waals surface area contributed by atoms with E-state index in [9.17, 15) is 0 Å². The highest BCUT2D eigenvalue weighted by Gasteiger charge is 2.12. The molecule has 1 aromatic heterocycles. The second kappa shape index (κ2) is 5.70. The summed E-state index contributed by atoms with van der Waals surface area (Å²) < 4.78 is 0. The fourth-order valence-corrected chi connectivity index (χ4v) is 2.30. The molecule has 0 spiro atoms. The van der Waals surface area contributed by atoms with Crippen LogP contribution in [0.1, 0.15) is 22.7 Å². The molecule has 0 fully saturated rings. The van der Waals surface area contributed by atoms with E-state index in [0.717, 1.165) is 16.7 Å². The molecule has 1 atom stereocenters. The number of hydrogen-bond acceptors (Lipinski definition) is 2. The van der Waals surface area contributed by atoms with Crippen LogP contribution in [0.3, 0.4) is 0 Å². The Bertz CT molecular complexity index is 555. The number of benzene rings is 1. The Balaban J connectivity index is 2.25. The van der Waals surface area contributed by atoms with Crippen molar-refractivity contribution in [3.05, 3.63) is 63.4 Å². The highest BCUT2D eigenvalue weighted by Crippen LogP contribution is 2.25. The van der Waals surface area contributed by atoms with E-state index in [4.69, 9.17) is 28.9 Å². The number of aromatic nitrogens is 1. The lowest BCUT2D eigenvalue weighted by molar-refractivity contribution is 0.716. The van der Waals surface area contributed by atoms with Crippen molar-refractivity contribution in [2.45, 2.75) is 19.4 Å². The molecule has 2 nitrogen and oxygen atoms in total. The Morgan fingerprint density at radius 1 is 1.28 bits per heavy atom. The molecule has 0 aliphatic rings. The van der Waals surface area contributed by atoms with Gasteiger partial charge in [0.15, 0.2) is 0 Å². The average molecular weight is 281 g/mol. The van der Waals surface area contributed by atoms with Crippen LogP contribution >= 0.6 is 23.2 Å². The summed E-state index contributed by atoms with van der Waals surface area (Å²) in [5.41, 5.74) is 9.41. The molecular weight excluding hydrogens is 267 g/mol. The number of rotatable bonds is 3. The maximum Gasteiger partial charge on any atom is 0.0622 e. The zero-order chi connectivity index (χ0) is 13.1. The highest BCUT2D eigenvalue weighted by molar-refractivity contribution is 6.31. The van der Waals surface area contributed by atoms with Crippen LogP contribution < -0.4 is 5.73 Å². The van der Waals surface area contributed by atoms with Crippen molar-refractivity contribution in [2.24, 2.45) is 5.73 Å². The van der Waals surface area contributed by atoms with Gasteiger partial charge in [0.25, 0.3) is 0 Å². The summed E-state index contributed by atoms with van der Waals surface area (Å²) in [6, 6.07) is 7.53. The van der Waals surface area contributed by atoms with Crippen molar-refractivity contribution in [2.75, 3.05) is 0 Å². The summed E-state index contributed by atoms with van der Waals surface area (Å²) in [5.74, 6) is 0. The van der Waals surface area contributed by atoms with E-state index >= 15 is 0 Å². The van der Waals surface area contributed by atoms with Crippen LogP contribution in [0.25, 0.3) is 0 Å². The Labute approximate surface area is 117 Å². The van der Waals surface area contributed by atoms with Crippen molar-refractivity contribution < 1.29 is 0 Å². The van der Waals surface area contributed by atoms with Crippen LogP contribution in [-0.4, -0.2) is 4.98 Å². The topological polar surface area (TPSA) is 38.9 Å². The SMILES string of the molecule is Cc1ccc(Cl)cc1C(N)Cc1ccncc1Cl. The quantitative estimate of drug-likeness (QED) is 0.925. The summed E-state index contributed by atoms with van der Waals surface area (Å²) in [4.78, 5) is 3.96. The van der Waals surface area contributed by atoms with Gasteiger partial charge in [-0.05, 0) is 48.2 Å². The van der Waals surface area contributed by atoms with Crippen molar-refractivity contribution in [1.29, 1.82) is 0 Å². The summed E-state index contributed by atoms with van der Waals surface area (Å²) in [6.07, 6.45) is 4.02. The monoisotopic (exact) mass is 280 g/mol. The van der Waals surface area contributed by atoms with Gasteiger partial charge in [-0.15, -0.1) is 0 Å². The molecule has 0 radical (unpaired) electrons. The normalized spacial score (nSPS) is 12.4. The lowest BCUT2D eigenvalue weighted by Crippen LogP contribution is -2.15. The minimum absolute atomic E-state index is 0.122. The number of pyridine rings is 1. The minimum atomic E-state index is -0.122. The molecule has 0 saturated carbocycles. The standard InChI is InChI=1S/C14H14Cl2N2/c1-9-2-3-11(15)7-12(9)14(17)6-10-4-5-18-8-13(10)16/h2-5,7-8,14H,6,17H2,1H3. The van der Waals surface area contributed by atoms with Gasteiger partial charge in [-0.1, -0.05) is 29.3 Å². The molecule has 1 heterocycles. The van der Waals surface area contributed by atoms with Crippen LogP contribution in [0.5, 0.6) is 0 Å². The van der Waals surface area contributed by atoms with Gasteiger partial charge in [-0.2, -0.15) is 0 Å². The largest absolute Gasteiger partial charge is 0.324 e. The second-order valence-corrected chi connectivity index (χ2v) is 5.12. The second-order valence-electron chi connectivity index (χ2n) is 4.28. The van der Waals surface area contributed by atoms with Gasteiger partial charge >= 0.3 is 0 Å². The van der Waals surface area contributed by atoms with Gasteiger partial charge in [-0.25, -0.2) is 0 Å². The van der Waals surface area contributed by atoms with Gasteiger partial charge < -0.3 is 5.73 Å². The predicted molar refractivity (Wildman–Crippen MR) is 76.1 cm³/mol. The van der Waals surface area contributed by atoms with Crippen LogP contribution in [0.4, 0.5) is 0 Å². The smallest absolute Gasteiger partial charge is 0.0622 e. The molecule has 0 saturated heterocycles. The summed E-state index contributed by atoms with van der Waals surface area (Å²) in [6.45, 7) is 2.03. The number of nitrogens with zero attached hydrogens (tertiary/aromatic N) is 1. The molecule has 0 amide bonds. The Morgan fingerprint density at radius 2 is 2.06 bits per heavy atom. The van der Waals surface area contributed by atoms with Crippen molar-refractivity contribution in [3.8, 4) is 0 Å². The fourth-order valence-electron chi connectivity index (χ4n) is 1.93. The van der Waals surface area contributed by atoms with Gasteiger partial charge in [0.2, 0.25) is 0 Å². The molecule has 2 N–H and O–H groups in total. The maximum absolute atomic E-state index is 6.23. The molecule has 2 rings (SSSR count). The van der Waals surface area contributed by atoms with E-state index in [2.05, 4.69) is 4.98 Å². The molecule has 1 unspecified atom stereocenters. The number of aryl methyl sites for hydroxylation is 1. The van der Waals surface area contributed by atoms with Gasteiger partial charge in [0, 0.05) is 23.5 Å². The van der Waals surface area contributed by atoms with E-state index in [1.165, 1.54) is 0 Å². The van der Waals surface area contributed by atoms with Crippen molar-refractivity contribution in [3.63, 3.8) is 0 Å². The molecule has 0 bridgehead atoms. The molecule has 4 heteroatoms. The third kappa shape index (κ3) is 3.02. The predicted octanol–water partition coefficient (Wildman–Crippen LogP) is 3.94. The van der Waals surface area contributed by atoms with Crippen LogP contribution in [0.15, 0.2) is 36.7 Å². The molecule has 2 aromatic rings. The Kier molecular flexibility index (Phi) is 4.23. The van der Waals surface area contributed by atoms with Crippen LogP contribution in [-0.2, 0) is 6.42 Å². The first-order valence-electron chi connectivity index (χ1n) is 5.68. The van der Waals surface area contributed by atoms with Crippen molar-refractivity contribution in [1.82, 2.24) is 4.98 Å². The van der Waals surface area contributed by atoms with E-state index < -0.39 is 0 Å². The van der Waals surface area contributed by atoms with Gasteiger partial charge in [0.05, 0.1) is 5.02 Å². The first-order chi connectivity index (χ1) is 8.58. The molecule has 18 heavy (non-hydrogen) atoms. The minimum Gasteiger partial charge on any atom is -0.324 e. The Hall–Kier alpha value is -1.09. The number of hydrogen-bond donors (Lipinski definition) is 1. The average Bonchev–Trinajstić information content (AvgIpc) is 2.35. The maximum atomic E-state index is 6.23. The van der Waals surface area contributed by atoms with E-state index in [1.54, 1.807) is 12.4 Å². The van der Waals surface area contributed by atoms with Crippen molar-refractivity contribution >= 4 is 23.2 Å². The summed E-state index contributed by atoms with van der Waals surface area (Å²) in [7, 11) is 0. The first kappa shape index (κ1) is 13.3. The lowest BCUT2D eigenvalue weighted by atomic mass is 9.96. The zero-order valence-electron chi connectivity index (χ0n) is 10.0. The number of halogens is 2. The first-order valence-corrected chi connectivity index (χ1v) is 6.43. The van der Waals surface area contributed by atoms with E-state index in [0.29, 0.717) is 16.5 Å². The van der Waals surface area contributed by atoms with Crippen LogP contribution in [0.2, 0.25) is 10.0 Å². The van der Waals surface area contributed by atoms with Gasteiger partial charge in [0.1, 0.15) is 0 Å². The molecule has 0 aliphatic carbocycles. The van der Waals surface area contributed by atoms with Gasteiger partial charge in [-0.3, -0.25) is 4.98 Å². The third-order valence-electron chi connectivity index (χ3n) is 2.94. The summed E-state index contributed by atoms with van der Waals surface area (Å²) >= 11 is 12.1. The number of nitrogens with two attached hydrogens (primary N) is 1. The fraction of sp³-hybridized carbons (Fsp3) is 0.214. The zero-order valence-corrected chi connectivity index (χ0v) is 11.5. The third-order valence-corrected chi connectivity index (χ3v) is 3.51. The lowest BCUT2D eigenvalue weighted by Gasteiger charge is -2.15. The Morgan fingerprint density at radius 3 is 2.78 bits per heavy atom. The van der Waals surface area contributed by atoms with Crippen LogP contribution in [0, 0.1) is 6.92 Å². The van der Waals surface area contributed by atoms with E-state index in [1.807, 2.05) is 31.2 Å². The highest BCUT2D eigenvalue weighted by atomic mass is 35.5. The summed E-state index contributed by atoms with van der Waals surface area (Å²) in [5, 5.41) is 1.35. The molecule has 1 aromatic carbocycles.